The molecular weight excluding hydrogens is 226 g/mol. The Balaban J connectivity index is 2.89. The van der Waals surface area contributed by atoms with Crippen LogP contribution in [0.3, 0.4) is 0 Å². The lowest BCUT2D eigenvalue weighted by atomic mass is 10.1. The van der Waals surface area contributed by atoms with Gasteiger partial charge in [-0.15, -0.1) is 0 Å². The van der Waals surface area contributed by atoms with E-state index in [1.54, 1.807) is 0 Å². The summed E-state index contributed by atoms with van der Waals surface area (Å²) < 4.78 is 1.12. The molecule has 0 aliphatic carbocycles. The van der Waals surface area contributed by atoms with Gasteiger partial charge in [0.25, 0.3) is 0 Å². The molecule has 1 aromatic heterocycles. The zero-order chi connectivity index (χ0) is 9.42. The van der Waals surface area contributed by atoms with Gasteiger partial charge in [0.15, 0.2) is 0 Å². The minimum absolute atomic E-state index is 1.06. The van der Waals surface area contributed by atoms with E-state index in [1.807, 2.05) is 13.0 Å². The standard InChI is InChI=1S/C11H10BrN/c1-7-3-4-9-5-6-10(12)8(2)11(9)13-7/h3-6H,1-2H3. The Morgan fingerprint density at radius 3 is 2.54 bits per heavy atom. The lowest BCUT2D eigenvalue weighted by Gasteiger charge is -2.03. The Morgan fingerprint density at radius 2 is 1.77 bits per heavy atom. The van der Waals surface area contributed by atoms with Gasteiger partial charge in [-0.3, -0.25) is 4.98 Å². The first-order valence-electron chi connectivity index (χ1n) is 4.21. The van der Waals surface area contributed by atoms with Crippen molar-refractivity contribution in [1.29, 1.82) is 0 Å². The highest BCUT2D eigenvalue weighted by Gasteiger charge is 2.01. The molecule has 0 unspecified atom stereocenters. The van der Waals surface area contributed by atoms with Crippen LogP contribution < -0.4 is 0 Å². The van der Waals surface area contributed by atoms with Crippen LogP contribution in [0.4, 0.5) is 0 Å². The van der Waals surface area contributed by atoms with Crippen molar-refractivity contribution in [2.24, 2.45) is 0 Å². The number of benzene rings is 1. The van der Waals surface area contributed by atoms with Gasteiger partial charge < -0.3 is 0 Å². The maximum absolute atomic E-state index is 4.51. The maximum atomic E-state index is 4.51. The Bertz CT molecular complexity index is 458. The van der Waals surface area contributed by atoms with E-state index in [2.05, 4.69) is 46.0 Å². The highest BCUT2D eigenvalue weighted by atomic mass is 79.9. The first-order chi connectivity index (χ1) is 6.18. The average Bonchev–Trinajstić information content (AvgIpc) is 2.12. The minimum Gasteiger partial charge on any atom is -0.253 e. The van der Waals surface area contributed by atoms with Gasteiger partial charge in [-0.25, -0.2) is 0 Å². The monoisotopic (exact) mass is 235 g/mol. The lowest BCUT2D eigenvalue weighted by molar-refractivity contribution is 1.24. The summed E-state index contributed by atoms with van der Waals surface area (Å²) in [7, 11) is 0. The van der Waals surface area contributed by atoms with Crippen LogP contribution in [0.25, 0.3) is 10.9 Å². The number of pyridine rings is 1. The number of halogens is 1. The highest BCUT2D eigenvalue weighted by Crippen LogP contribution is 2.24. The third-order valence-corrected chi connectivity index (χ3v) is 3.05. The second kappa shape index (κ2) is 3.11. The Morgan fingerprint density at radius 1 is 1.08 bits per heavy atom. The van der Waals surface area contributed by atoms with Gasteiger partial charge in [0, 0.05) is 15.6 Å². The van der Waals surface area contributed by atoms with E-state index in [1.165, 1.54) is 10.9 Å². The number of aromatic nitrogens is 1. The average molecular weight is 236 g/mol. The second-order valence-electron chi connectivity index (χ2n) is 3.20. The van der Waals surface area contributed by atoms with Gasteiger partial charge in [-0.05, 0) is 31.5 Å². The molecule has 0 fully saturated rings. The summed E-state index contributed by atoms with van der Waals surface area (Å²) in [5.74, 6) is 0. The molecule has 13 heavy (non-hydrogen) atoms. The molecular formula is C11H10BrN. The van der Waals surface area contributed by atoms with Gasteiger partial charge in [-0.1, -0.05) is 28.1 Å². The van der Waals surface area contributed by atoms with Gasteiger partial charge in [0.05, 0.1) is 5.52 Å². The van der Waals surface area contributed by atoms with Gasteiger partial charge in [-0.2, -0.15) is 0 Å². The fourth-order valence-electron chi connectivity index (χ4n) is 1.40. The second-order valence-corrected chi connectivity index (χ2v) is 4.05. The normalized spacial score (nSPS) is 10.7. The number of aryl methyl sites for hydroxylation is 2. The van der Waals surface area contributed by atoms with Crippen LogP contribution in [0, 0.1) is 13.8 Å². The van der Waals surface area contributed by atoms with E-state index < -0.39 is 0 Å². The van der Waals surface area contributed by atoms with Crippen molar-refractivity contribution in [3.05, 3.63) is 40.0 Å². The summed E-state index contributed by atoms with van der Waals surface area (Å²) in [6, 6.07) is 8.29. The van der Waals surface area contributed by atoms with Crippen molar-refractivity contribution in [2.45, 2.75) is 13.8 Å². The molecule has 2 aromatic rings. The summed E-state index contributed by atoms with van der Waals surface area (Å²) in [6.45, 7) is 4.10. The van der Waals surface area contributed by atoms with E-state index >= 15 is 0 Å². The third-order valence-electron chi connectivity index (χ3n) is 2.19. The van der Waals surface area contributed by atoms with Crippen LogP contribution in [0.15, 0.2) is 28.7 Å². The summed E-state index contributed by atoms with van der Waals surface area (Å²) >= 11 is 3.50. The molecule has 0 radical (unpaired) electrons. The number of fused-ring (bicyclic) bond motifs is 1. The van der Waals surface area contributed by atoms with E-state index in [0.717, 1.165) is 15.7 Å². The lowest BCUT2D eigenvalue weighted by Crippen LogP contribution is -1.87. The molecule has 0 atom stereocenters. The van der Waals surface area contributed by atoms with Crippen LogP contribution in [0.1, 0.15) is 11.3 Å². The molecule has 2 rings (SSSR count). The number of rotatable bonds is 0. The van der Waals surface area contributed by atoms with Gasteiger partial charge in [0.1, 0.15) is 0 Å². The van der Waals surface area contributed by atoms with Crippen LogP contribution in [-0.2, 0) is 0 Å². The molecule has 1 aromatic carbocycles. The van der Waals surface area contributed by atoms with Crippen molar-refractivity contribution in [3.8, 4) is 0 Å². The summed E-state index contributed by atoms with van der Waals surface area (Å²) in [4.78, 5) is 4.51. The predicted molar refractivity (Wildman–Crippen MR) is 58.9 cm³/mol. The molecule has 66 valence electrons. The van der Waals surface area contributed by atoms with Crippen LogP contribution >= 0.6 is 15.9 Å². The van der Waals surface area contributed by atoms with Crippen molar-refractivity contribution in [3.63, 3.8) is 0 Å². The molecule has 1 heterocycles. The quantitative estimate of drug-likeness (QED) is 0.680. The third kappa shape index (κ3) is 1.46. The number of hydrogen-bond donors (Lipinski definition) is 0. The molecule has 0 aliphatic rings. The van der Waals surface area contributed by atoms with Crippen LogP contribution in [-0.4, -0.2) is 4.98 Å². The van der Waals surface area contributed by atoms with E-state index in [9.17, 15) is 0 Å². The number of hydrogen-bond acceptors (Lipinski definition) is 1. The van der Waals surface area contributed by atoms with Crippen molar-refractivity contribution in [1.82, 2.24) is 4.98 Å². The first-order valence-corrected chi connectivity index (χ1v) is 5.00. The Kier molecular flexibility index (Phi) is 2.08. The summed E-state index contributed by atoms with van der Waals surface area (Å²) in [5.41, 5.74) is 3.37. The smallest absolute Gasteiger partial charge is 0.0745 e. The van der Waals surface area contributed by atoms with E-state index in [-0.39, 0.29) is 0 Å². The molecule has 0 spiro atoms. The summed E-state index contributed by atoms with van der Waals surface area (Å²) in [6.07, 6.45) is 0. The topological polar surface area (TPSA) is 12.9 Å². The summed E-state index contributed by atoms with van der Waals surface area (Å²) in [5, 5.41) is 1.20. The largest absolute Gasteiger partial charge is 0.253 e. The first kappa shape index (κ1) is 8.70. The Labute approximate surface area is 85.9 Å². The molecule has 0 amide bonds. The Hall–Kier alpha value is -0.890. The molecule has 0 N–H and O–H groups in total. The zero-order valence-electron chi connectivity index (χ0n) is 7.63. The molecule has 0 bridgehead atoms. The molecule has 2 heteroatoms. The van der Waals surface area contributed by atoms with Crippen molar-refractivity contribution < 1.29 is 0 Å². The van der Waals surface area contributed by atoms with E-state index in [0.29, 0.717) is 0 Å². The molecule has 1 nitrogen and oxygen atoms in total. The molecule has 0 saturated heterocycles. The van der Waals surface area contributed by atoms with E-state index in [4.69, 9.17) is 0 Å². The van der Waals surface area contributed by atoms with Crippen molar-refractivity contribution >= 4 is 26.8 Å². The maximum Gasteiger partial charge on any atom is 0.0745 e. The van der Waals surface area contributed by atoms with Gasteiger partial charge >= 0.3 is 0 Å². The number of nitrogens with zero attached hydrogens (tertiary/aromatic N) is 1. The highest BCUT2D eigenvalue weighted by molar-refractivity contribution is 9.10. The molecule has 0 saturated carbocycles. The van der Waals surface area contributed by atoms with Crippen LogP contribution in [0.2, 0.25) is 0 Å². The zero-order valence-corrected chi connectivity index (χ0v) is 9.22. The van der Waals surface area contributed by atoms with Crippen molar-refractivity contribution in [2.75, 3.05) is 0 Å². The van der Waals surface area contributed by atoms with Crippen LogP contribution in [0.5, 0.6) is 0 Å². The fourth-order valence-corrected chi connectivity index (χ4v) is 1.72. The minimum atomic E-state index is 1.06. The van der Waals surface area contributed by atoms with Gasteiger partial charge in [0.2, 0.25) is 0 Å². The SMILES string of the molecule is Cc1ccc2ccc(Br)c(C)c2n1. The fraction of sp³-hybridized carbons (Fsp3) is 0.182. The molecule has 0 aliphatic heterocycles. The predicted octanol–water partition coefficient (Wildman–Crippen LogP) is 3.61.